The molecular formula is C20H24N2O3S. The van der Waals surface area contributed by atoms with E-state index in [4.69, 9.17) is 0 Å². The Balaban J connectivity index is 1.66. The molecule has 2 aromatic rings. The van der Waals surface area contributed by atoms with Gasteiger partial charge in [-0.05, 0) is 42.9 Å². The molecule has 3 N–H and O–H groups in total. The maximum absolute atomic E-state index is 11.9. The minimum Gasteiger partial charge on any atom is -0.506 e. The smallest absolute Gasteiger partial charge is 0.252 e. The first kappa shape index (κ1) is 19.8. The Kier molecular flexibility index (Phi) is 8.02. The van der Waals surface area contributed by atoms with Gasteiger partial charge in [0.15, 0.2) is 0 Å². The van der Waals surface area contributed by atoms with E-state index in [1.165, 1.54) is 0 Å². The summed E-state index contributed by atoms with van der Waals surface area (Å²) in [6.07, 6.45) is 3.12. The number of phenolic OH excluding ortho intramolecular Hbond substituents is 1. The van der Waals surface area contributed by atoms with E-state index in [0.29, 0.717) is 17.7 Å². The van der Waals surface area contributed by atoms with Gasteiger partial charge in [-0.25, -0.2) is 0 Å². The van der Waals surface area contributed by atoms with E-state index >= 15 is 0 Å². The van der Waals surface area contributed by atoms with Gasteiger partial charge in [-0.3, -0.25) is 9.59 Å². The van der Waals surface area contributed by atoms with Crippen molar-refractivity contribution in [3.63, 3.8) is 0 Å². The number of carbonyl (C=O) groups is 2. The van der Waals surface area contributed by atoms with E-state index in [1.54, 1.807) is 43.1 Å². The first-order valence-corrected chi connectivity index (χ1v) is 9.62. The number of amides is 2. The van der Waals surface area contributed by atoms with Crippen LogP contribution in [0.4, 0.5) is 5.69 Å². The average molecular weight is 372 g/mol. The van der Waals surface area contributed by atoms with E-state index in [-0.39, 0.29) is 17.6 Å². The van der Waals surface area contributed by atoms with Crippen molar-refractivity contribution in [2.45, 2.75) is 30.6 Å². The standard InChI is InChI=1S/C20H24N2O3S/c1-21-20(25)15-9-4-7-12-18(15)26-14-8-2-3-13-19(24)22-16-10-5-6-11-17(16)23/h4-7,9-12,23H,2-3,8,13-14H2,1H3,(H,21,25)(H,22,24). The first-order valence-electron chi connectivity index (χ1n) is 8.63. The van der Waals surface area contributed by atoms with Crippen LogP contribution in [0.25, 0.3) is 0 Å². The first-order chi connectivity index (χ1) is 12.6. The van der Waals surface area contributed by atoms with Crippen LogP contribution in [0.3, 0.4) is 0 Å². The Hall–Kier alpha value is -2.47. The zero-order chi connectivity index (χ0) is 18.8. The van der Waals surface area contributed by atoms with Crippen molar-refractivity contribution in [1.82, 2.24) is 5.32 Å². The van der Waals surface area contributed by atoms with Crippen LogP contribution in [0.2, 0.25) is 0 Å². The van der Waals surface area contributed by atoms with Crippen molar-refractivity contribution in [3.05, 3.63) is 54.1 Å². The molecule has 0 bridgehead atoms. The Morgan fingerprint density at radius 1 is 1.00 bits per heavy atom. The SMILES string of the molecule is CNC(=O)c1ccccc1SCCCCCC(=O)Nc1ccccc1O. The lowest BCUT2D eigenvalue weighted by atomic mass is 10.2. The van der Waals surface area contributed by atoms with E-state index in [9.17, 15) is 14.7 Å². The van der Waals surface area contributed by atoms with E-state index in [2.05, 4.69) is 10.6 Å². The summed E-state index contributed by atoms with van der Waals surface area (Å²) in [6.45, 7) is 0. The van der Waals surface area contributed by atoms with Crippen LogP contribution in [0.5, 0.6) is 5.75 Å². The normalized spacial score (nSPS) is 10.3. The molecule has 6 heteroatoms. The van der Waals surface area contributed by atoms with Crippen LogP contribution < -0.4 is 10.6 Å². The monoisotopic (exact) mass is 372 g/mol. The highest BCUT2D eigenvalue weighted by Crippen LogP contribution is 2.24. The molecule has 5 nitrogen and oxygen atoms in total. The van der Waals surface area contributed by atoms with Crippen molar-refractivity contribution in [1.29, 1.82) is 0 Å². The molecule has 0 atom stereocenters. The highest BCUT2D eigenvalue weighted by Gasteiger charge is 2.09. The maximum atomic E-state index is 11.9. The molecule has 0 fully saturated rings. The summed E-state index contributed by atoms with van der Waals surface area (Å²) in [6, 6.07) is 14.3. The molecule has 0 aromatic heterocycles. The Morgan fingerprint density at radius 3 is 2.50 bits per heavy atom. The molecule has 0 aliphatic rings. The lowest BCUT2D eigenvalue weighted by molar-refractivity contribution is -0.116. The Bertz CT molecular complexity index is 749. The molecule has 26 heavy (non-hydrogen) atoms. The second-order valence-electron chi connectivity index (χ2n) is 5.80. The average Bonchev–Trinajstić information content (AvgIpc) is 2.66. The zero-order valence-corrected chi connectivity index (χ0v) is 15.6. The third-order valence-electron chi connectivity index (χ3n) is 3.84. The number of unbranched alkanes of at least 4 members (excludes halogenated alkanes) is 2. The largest absolute Gasteiger partial charge is 0.506 e. The van der Waals surface area contributed by atoms with Gasteiger partial charge in [0.1, 0.15) is 5.75 Å². The second kappa shape index (κ2) is 10.5. The highest BCUT2D eigenvalue weighted by atomic mass is 32.2. The highest BCUT2D eigenvalue weighted by molar-refractivity contribution is 7.99. The second-order valence-corrected chi connectivity index (χ2v) is 6.94. The van der Waals surface area contributed by atoms with E-state index in [0.717, 1.165) is 29.9 Å². The maximum Gasteiger partial charge on any atom is 0.252 e. The van der Waals surface area contributed by atoms with Gasteiger partial charge in [0.2, 0.25) is 5.91 Å². The van der Waals surface area contributed by atoms with Crippen molar-refractivity contribution in [2.75, 3.05) is 18.1 Å². The number of benzene rings is 2. The van der Waals surface area contributed by atoms with Crippen molar-refractivity contribution in [3.8, 4) is 5.75 Å². The summed E-state index contributed by atoms with van der Waals surface area (Å²) >= 11 is 1.66. The van der Waals surface area contributed by atoms with Gasteiger partial charge < -0.3 is 15.7 Å². The van der Waals surface area contributed by atoms with Crippen LogP contribution in [0.15, 0.2) is 53.4 Å². The number of rotatable bonds is 9. The number of hydrogen-bond donors (Lipinski definition) is 3. The lowest BCUT2D eigenvalue weighted by Gasteiger charge is -2.08. The number of phenols is 1. The van der Waals surface area contributed by atoms with Gasteiger partial charge in [0.25, 0.3) is 5.91 Å². The summed E-state index contributed by atoms with van der Waals surface area (Å²) in [5, 5.41) is 15.0. The Morgan fingerprint density at radius 2 is 1.73 bits per heavy atom. The van der Waals surface area contributed by atoms with Gasteiger partial charge >= 0.3 is 0 Å². The molecule has 2 rings (SSSR count). The lowest BCUT2D eigenvalue weighted by Crippen LogP contribution is -2.18. The molecule has 0 saturated heterocycles. The quantitative estimate of drug-likeness (QED) is 0.353. The minimum atomic E-state index is -0.0934. The number of nitrogens with one attached hydrogen (secondary N) is 2. The summed E-state index contributed by atoms with van der Waals surface area (Å²) in [5.74, 6) is 0.805. The predicted molar refractivity (Wildman–Crippen MR) is 106 cm³/mol. The number of thioether (sulfide) groups is 1. The van der Waals surface area contributed by atoms with E-state index < -0.39 is 0 Å². The minimum absolute atomic E-state index is 0.0751. The van der Waals surface area contributed by atoms with Gasteiger partial charge in [-0.15, -0.1) is 11.8 Å². The predicted octanol–water partition coefficient (Wildman–Crippen LogP) is 4.04. The third kappa shape index (κ3) is 6.11. The number of aromatic hydroxyl groups is 1. The Labute approximate surface area is 158 Å². The molecule has 0 unspecified atom stereocenters. The van der Waals surface area contributed by atoms with Crippen LogP contribution in [0, 0.1) is 0 Å². The van der Waals surface area contributed by atoms with Crippen molar-refractivity contribution < 1.29 is 14.7 Å². The number of hydrogen-bond acceptors (Lipinski definition) is 4. The fourth-order valence-electron chi connectivity index (χ4n) is 2.45. The topological polar surface area (TPSA) is 78.4 Å². The molecular weight excluding hydrogens is 348 g/mol. The van der Waals surface area contributed by atoms with Crippen molar-refractivity contribution >= 4 is 29.3 Å². The molecule has 0 spiro atoms. The summed E-state index contributed by atoms with van der Waals surface area (Å²) in [4.78, 5) is 24.7. The molecule has 0 radical (unpaired) electrons. The molecule has 138 valence electrons. The van der Waals surface area contributed by atoms with Crippen LogP contribution in [-0.2, 0) is 4.79 Å². The van der Waals surface area contributed by atoms with Crippen molar-refractivity contribution in [2.24, 2.45) is 0 Å². The fraction of sp³-hybridized carbons (Fsp3) is 0.300. The van der Waals surface area contributed by atoms with Crippen LogP contribution >= 0.6 is 11.8 Å². The third-order valence-corrected chi connectivity index (χ3v) is 5.00. The van der Waals surface area contributed by atoms with E-state index in [1.807, 2.05) is 24.3 Å². The molecule has 2 aromatic carbocycles. The molecule has 0 heterocycles. The van der Waals surface area contributed by atoms with Gasteiger partial charge in [-0.1, -0.05) is 30.7 Å². The molecule has 0 saturated carbocycles. The summed E-state index contributed by atoms with van der Waals surface area (Å²) < 4.78 is 0. The van der Waals surface area contributed by atoms with Gasteiger partial charge in [0, 0.05) is 18.4 Å². The number of para-hydroxylation sites is 2. The van der Waals surface area contributed by atoms with Crippen LogP contribution in [-0.4, -0.2) is 29.7 Å². The summed E-state index contributed by atoms with van der Waals surface area (Å²) in [7, 11) is 1.63. The molecule has 2 amide bonds. The number of anilines is 1. The number of carbonyl (C=O) groups excluding carboxylic acids is 2. The van der Waals surface area contributed by atoms with Gasteiger partial charge in [-0.2, -0.15) is 0 Å². The zero-order valence-electron chi connectivity index (χ0n) is 14.8. The molecule has 0 aliphatic carbocycles. The van der Waals surface area contributed by atoms with Gasteiger partial charge in [0.05, 0.1) is 11.3 Å². The van der Waals surface area contributed by atoms with Crippen LogP contribution in [0.1, 0.15) is 36.0 Å². The summed E-state index contributed by atoms with van der Waals surface area (Å²) in [5.41, 5.74) is 1.14. The fourth-order valence-corrected chi connectivity index (χ4v) is 3.51. The molecule has 0 aliphatic heterocycles.